The molecule has 13 heavy (non-hydrogen) atoms. The molecule has 0 atom stereocenters. The van der Waals surface area contributed by atoms with Crippen LogP contribution in [0.25, 0.3) is 0 Å². The number of amides is 1. The van der Waals surface area contributed by atoms with E-state index in [0.717, 1.165) is 6.42 Å². The monoisotopic (exact) mass is 185 g/mol. The van der Waals surface area contributed by atoms with Gasteiger partial charge in [-0.25, -0.2) is 10.2 Å². The zero-order valence-electron chi connectivity index (χ0n) is 7.05. The molecular weight excluding hydrogens is 174 g/mol. The van der Waals surface area contributed by atoms with Crippen molar-refractivity contribution in [1.29, 1.82) is 0 Å². The van der Waals surface area contributed by atoms with Gasteiger partial charge in [-0.2, -0.15) is 0 Å². The Labute approximate surface area is 74.7 Å². The molecule has 0 unspecified atom stereocenters. The fraction of sp³-hybridized carbons (Fsp3) is 0.667. The van der Waals surface area contributed by atoms with Crippen molar-refractivity contribution in [2.45, 2.75) is 25.8 Å². The second kappa shape index (κ2) is 5.20. The third-order valence-corrected chi connectivity index (χ3v) is 1.56. The second-order valence-corrected chi connectivity index (χ2v) is 2.56. The number of carbonyl (C=O) groups is 1. The molecule has 7 nitrogen and oxygen atoms in total. The molecule has 1 rings (SSSR count). The van der Waals surface area contributed by atoms with Crippen LogP contribution >= 0.6 is 0 Å². The largest absolute Gasteiger partial charge is 0.289 e. The van der Waals surface area contributed by atoms with Crippen LogP contribution in [-0.2, 0) is 11.3 Å². The highest BCUT2D eigenvalue weighted by Gasteiger charge is 1.98. The summed E-state index contributed by atoms with van der Waals surface area (Å²) in [6, 6.07) is 0. The second-order valence-electron chi connectivity index (χ2n) is 2.56. The number of nitrogens with one attached hydrogen (secondary N) is 1. The number of tetrazole rings is 1. The van der Waals surface area contributed by atoms with Gasteiger partial charge in [-0.05, 0) is 23.3 Å². The third-order valence-electron chi connectivity index (χ3n) is 1.56. The Balaban J connectivity index is 2.05. The molecule has 7 heteroatoms. The van der Waals surface area contributed by atoms with Crippen molar-refractivity contribution >= 4 is 5.91 Å². The van der Waals surface area contributed by atoms with Crippen LogP contribution in [0, 0.1) is 0 Å². The molecule has 1 aromatic rings. The normalized spacial score (nSPS) is 9.92. The molecule has 0 saturated heterocycles. The molecule has 0 saturated carbocycles. The predicted molar refractivity (Wildman–Crippen MR) is 41.6 cm³/mol. The Morgan fingerprint density at radius 2 is 2.38 bits per heavy atom. The van der Waals surface area contributed by atoms with Gasteiger partial charge in [-0.15, -0.1) is 5.10 Å². The average molecular weight is 185 g/mol. The molecule has 0 fully saturated rings. The minimum atomic E-state index is -0.364. The van der Waals surface area contributed by atoms with E-state index < -0.39 is 0 Å². The van der Waals surface area contributed by atoms with E-state index in [0.29, 0.717) is 19.4 Å². The van der Waals surface area contributed by atoms with Gasteiger partial charge in [0.1, 0.15) is 6.33 Å². The molecule has 0 aliphatic heterocycles. The Hall–Kier alpha value is -1.50. The lowest BCUT2D eigenvalue weighted by molar-refractivity contribution is -0.129. The first-order valence-electron chi connectivity index (χ1n) is 3.96. The number of aromatic nitrogens is 4. The van der Waals surface area contributed by atoms with Crippen LogP contribution in [0.15, 0.2) is 6.33 Å². The average Bonchev–Trinajstić information content (AvgIpc) is 2.64. The zero-order chi connectivity index (χ0) is 9.52. The molecule has 1 heterocycles. The molecule has 2 N–H and O–H groups in total. The highest BCUT2D eigenvalue weighted by atomic mass is 16.5. The van der Waals surface area contributed by atoms with Gasteiger partial charge >= 0.3 is 0 Å². The van der Waals surface area contributed by atoms with Gasteiger partial charge in [0.05, 0.1) is 0 Å². The van der Waals surface area contributed by atoms with Gasteiger partial charge in [0, 0.05) is 13.0 Å². The lowest BCUT2D eigenvalue weighted by Crippen LogP contribution is -2.18. The summed E-state index contributed by atoms with van der Waals surface area (Å²) in [4.78, 5) is 10.6. The number of rotatable bonds is 5. The molecule has 0 bridgehead atoms. The van der Waals surface area contributed by atoms with Crippen LogP contribution in [0.4, 0.5) is 0 Å². The number of hydroxylamine groups is 1. The summed E-state index contributed by atoms with van der Waals surface area (Å²) in [5.41, 5.74) is 1.57. The smallest absolute Gasteiger partial charge is 0.243 e. The molecule has 72 valence electrons. The van der Waals surface area contributed by atoms with Crippen LogP contribution in [0.5, 0.6) is 0 Å². The summed E-state index contributed by atoms with van der Waals surface area (Å²) >= 11 is 0. The Kier molecular flexibility index (Phi) is 3.83. The lowest BCUT2D eigenvalue weighted by atomic mass is 10.2. The number of hydrogen-bond donors (Lipinski definition) is 2. The quantitative estimate of drug-likeness (QED) is 0.361. The summed E-state index contributed by atoms with van der Waals surface area (Å²) in [7, 11) is 0. The van der Waals surface area contributed by atoms with Crippen molar-refractivity contribution < 1.29 is 10.0 Å². The van der Waals surface area contributed by atoms with Crippen molar-refractivity contribution in [3.63, 3.8) is 0 Å². The van der Waals surface area contributed by atoms with Crippen molar-refractivity contribution in [3.8, 4) is 0 Å². The number of nitrogens with zero attached hydrogens (tertiary/aromatic N) is 4. The Morgan fingerprint density at radius 3 is 3.00 bits per heavy atom. The fourth-order valence-corrected chi connectivity index (χ4v) is 0.898. The summed E-state index contributed by atoms with van der Waals surface area (Å²) in [5.74, 6) is -0.364. The van der Waals surface area contributed by atoms with E-state index in [2.05, 4.69) is 15.5 Å². The minimum Gasteiger partial charge on any atom is -0.289 e. The summed E-state index contributed by atoms with van der Waals surface area (Å²) < 4.78 is 1.59. The van der Waals surface area contributed by atoms with E-state index in [1.54, 1.807) is 10.2 Å². The number of hydrogen-bond acceptors (Lipinski definition) is 5. The first kappa shape index (κ1) is 9.59. The predicted octanol–water partition coefficient (Wildman–Crippen LogP) is -0.651. The van der Waals surface area contributed by atoms with Gasteiger partial charge < -0.3 is 0 Å². The van der Waals surface area contributed by atoms with Crippen molar-refractivity contribution in [2.75, 3.05) is 0 Å². The highest BCUT2D eigenvalue weighted by molar-refractivity contribution is 5.74. The van der Waals surface area contributed by atoms with Crippen LogP contribution in [0.1, 0.15) is 19.3 Å². The van der Waals surface area contributed by atoms with Gasteiger partial charge in [-0.3, -0.25) is 10.0 Å². The third kappa shape index (κ3) is 3.61. The Morgan fingerprint density at radius 1 is 1.54 bits per heavy atom. The number of carbonyl (C=O) groups excluding carboxylic acids is 1. The molecule has 0 aromatic carbocycles. The van der Waals surface area contributed by atoms with Crippen LogP contribution in [0.3, 0.4) is 0 Å². The van der Waals surface area contributed by atoms with Crippen molar-refractivity contribution in [1.82, 2.24) is 25.7 Å². The van der Waals surface area contributed by atoms with Crippen molar-refractivity contribution in [2.24, 2.45) is 0 Å². The number of unbranched alkanes of at least 4 members (excludes halogenated alkanes) is 1. The SMILES string of the molecule is O=C(CCCCn1cnnn1)NO. The minimum absolute atomic E-state index is 0.318. The molecule has 1 amide bonds. The van der Waals surface area contributed by atoms with E-state index in [4.69, 9.17) is 5.21 Å². The van der Waals surface area contributed by atoms with Gasteiger partial charge in [0.15, 0.2) is 0 Å². The number of aryl methyl sites for hydroxylation is 1. The maximum absolute atomic E-state index is 10.6. The topological polar surface area (TPSA) is 92.9 Å². The maximum atomic E-state index is 10.6. The van der Waals surface area contributed by atoms with Crippen molar-refractivity contribution in [3.05, 3.63) is 6.33 Å². The first-order valence-corrected chi connectivity index (χ1v) is 3.96. The summed E-state index contributed by atoms with van der Waals surface area (Å²) in [6.45, 7) is 0.686. The van der Waals surface area contributed by atoms with Gasteiger partial charge in [0.25, 0.3) is 0 Å². The van der Waals surface area contributed by atoms with Crippen LogP contribution in [-0.4, -0.2) is 31.3 Å². The lowest BCUT2D eigenvalue weighted by Gasteiger charge is -1.98. The molecular formula is C6H11N5O2. The molecule has 0 spiro atoms. The maximum Gasteiger partial charge on any atom is 0.243 e. The molecule has 0 radical (unpaired) electrons. The van der Waals surface area contributed by atoms with Crippen LogP contribution in [0.2, 0.25) is 0 Å². The molecule has 0 aliphatic rings. The van der Waals surface area contributed by atoms with Gasteiger partial charge in [0.2, 0.25) is 5.91 Å². The summed E-state index contributed by atoms with van der Waals surface area (Å²) in [6.07, 6.45) is 3.34. The van der Waals surface area contributed by atoms with E-state index in [1.165, 1.54) is 6.33 Å². The van der Waals surface area contributed by atoms with E-state index >= 15 is 0 Å². The standard InChI is InChI=1S/C6H11N5O2/c12-6(8-13)3-1-2-4-11-5-7-9-10-11/h5,13H,1-4H2,(H,8,12). The van der Waals surface area contributed by atoms with Crippen LogP contribution < -0.4 is 5.48 Å². The highest BCUT2D eigenvalue weighted by Crippen LogP contribution is 1.96. The molecule has 1 aromatic heterocycles. The van der Waals surface area contributed by atoms with E-state index in [9.17, 15) is 4.79 Å². The van der Waals surface area contributed by atoms with E-state index in [1.807, 2.05) is 0 Å². The molecule has 0 aliphatic carbocycles. The summed E-state index contributed by atoms with van der Waals surface area (Å²) in [5, 5.41) is 18.8. The van der Waals surface area contributed by atoms with E-state index in [-0.39, 0.29) is 5.91 Å². The first-order chi connectivity index (χ1) is 6.33. The fourth-order valence-electron chi connectivity index (χ4n) is 0.898. The zero-order valence-corrected chi connectivity index (χ0v) is 7.05. The Bertz CT molecular complexity index is 248. The van der Waals surface area contributed by atoms with Gasteiger partial charge in [-0.1, -0.05) is 0 Å².